The first kappa shape index (κ1) is 9.41. The van der Waals surface area contributed by atoms with E-state index in [0.29, 0.717) is 0 Å². The summed E-state index contributed by atoms with van der Waals surface area (Å²) in [6.45, 7) is 0. The van der Waals surface area contributed by atoms with E-state index < -0.39 is 0 Å². The van der Waals surface area contributed by atoms with Gasteiger partial charge in [0.15, 0.2) is 0 Å². The van der Waals surface area contributed by atoms with Gasteiger partial charge in [0.25, 0.3) is 0 Å². The maximum absolute atomic E-state index is 12.9. The summed E-state index contributed by atoms with van der Waals surface area (Å²) in [4.78, 5) is 0. The minimum atomic E-state index is -0.335. The highest BCUT2D eigenvalue weighted by Gasteiger charge is 2.02. The summed E-state index contributed by atoms with van der Waals surface area (Å²) >= 11 is 3.42. The molecular formula is C12H7BrF. The van der Waals surface area contributed by atoms with Crippen molar-refractivity contribution >= 4 is 15.9 Å². The molecule has 2 aromatic carbocycles. The maximum atomic E-state index is 12.9. The fourth-order valence-corrected chi connectivity index (χ4v) is 1.81. The Labute approximate surface area is 90.5 Å². The molecule has 0 saturated carbocycles. The molecule has 14 heavy (non-hydrogen) atoms. The van der Waals surface area contributed by atoms with Gasteiger partial charge in [0.2, 0.25) is 0 Å². The van der Waals surface area contributed by atoms with Gasteiger partial charge in [-0.3, -0.25) is 0 Å². The van der Waals surface area contributed by atoms with Crippen LogP contribution in [0.4, 0.5) is 4.39 Å². The Hall–Kier alpha value is -1.15. The third kappa shape index (κ3) is 1.85. The normalized spacial score (nSPS) is 10.1. The lowest BCUT2D eigenvalue weighted by Crippen LogP contribution is -1.81. The third-order valence-electron chi connectivity index (χ3n) is 1.95. The van der Waals surface area contributed by atoms with Gasteiger partial charge in [0.1, 0.15) is 5.82 Å². The molecule has 0 N–H and O–H groups in total. The molecule has 0 aliphatic heterocycles. The fourth-order valence-electron chi connectivity index (χ4n) is 1.30. The topological polar surface area (TPSA) is 0 Å². The lowest BCUT2D eigenvalue weighted by Gasteiger charge is -2.03. The van der Waals surface area contributed by atoms with Gasteiger partial charge in [0, 0.05) is 10.5 Å². The summed E-state index contributed by atoms with van der Waals surface area (Å²) in [5.41, 5.74) is 1.84. The Morgan fingerprint density at radius 2 is 1.93 bits per heavy atom. The Morgan fingerprint density at radius 3 is 2.64 bits per heavy atom. The van der Waals surface area contributed by atoms with Crippen LogP contribution in [0.15, 0.2) is 46.9 Å². The first-order valence-electron chi connectivity index (χ1n) is 4.19. The van der Waals surface area contributed by atoms with Gasteiger partial charge in [-0.05, 0) is 23.3 Å². The Kier molecular flexibility index (Phi) is 2.64. The quantitative estimate of drug-likeness (QED) is 0.716. The van der Waals surface area contributed by atoms with Gasteiger partial charge in [-0.15, -0.1) is 0 Å². The van der Waals surface area contributed by atoms with E-state index in [0.717, 1.165) is 15.6 Å². The van der Waals surface area contributed by atoms with Gasteiger partial charge >= 0.3 is 0 Å². The van der Waals surface area contributed by atoms with Crippen molar-refractivity contribution in [1.29, 1.82) is 0 Å². The van der Waals surface area contributed by atoms with Gasteiger partial charge in [-0.1, -0.05) is 46.3 Å². The van der Waals surface area contributed by atoms with Crippen molar-refractivity contribution in [2.24, 2.45) is 0 Å². The first-order valence-corrected chi connectivity index (χ1v) is 4.99. The molecule has 69 valence electrons. The number of benzene rings is 2. The zero-order valence-electron chi connectivity index (χ0n) is 7.30. The molecule has 2 rings (SSSR count). The molecule has 0 aliphatic carbocycles. The second kappa shape index (κ2) is 3.93. The zero-order valence-corrected chi connectivity index (χ0v) is 8.88. The lowest BCUT2D eigenvalue weighted by atomic mass is 10.1. The van der Waals surface area contributed by atoms with Crippen molar-refractivity contribution in [1.82, 2.24) is 0 Å². The molecule has 0 bridgehead atoms. The van der Waals surface area contributed by atoms with Crippen LogP contribution in [-0.2, 0) is 0 Å². The maximum Gasteiger partial charge on any atom is 0.131 e. The first-order chi connectivity index (χ1) is 6.77. The van der Waals surface area contributed by atoms with Crippen molar-refractivity contribution in [2.75, 3.05) is 0 Å². The van der Waals surface area contributed by atoms with E-state index in [1.54, 1.807) is 6.07 Å². The zero-order chi connectivity index (χ0) is 9.97. The van der Waals surface area contributed by atoms with Crippen molar-refractivity contribution in [3.05, 3.63) is 58.8 Å². The van der Waals surface area contributed by atoms with Crippen LogP contribution in [-0.4, -0.2) is 0 Å². The highest BCUT2D eigenvalue weighted by molar-refractivity contribution is 9.10. The number of hydrogen-bond donors (Lipinski definition) is 0. The standard InChI is InChI=1S/C12H7BrF/c13-12-7-2-1-6-11(12)9-4-3-5-10(14)8-9/h1-4,6-8H. The monoisotopic (exact) mass is 249 g/mol. The minimum Gasteiger partial charge on any atom is -0.206 e. The number of rotatable bonds is 1. The summed E-state index contributed by atoms with van der Waals surface area (Å²) in [5.74, 6) is -0.335. The number of halogens is 2. The van der Waals surface area contributed by atoms with E-state index in [1.165, 1.54) is 6.07 Å². The second-order valence-corrected chi connectivity index (χ2v) is 3.76. The average Bonchev–Trinajstić information content (AvgIpc) is 2.18. The summed E-state index contributed by atoms with van der Waals surface area (Å²) in [7, 11) is 0. The summed E-state index contributed by atoms with van der Waals surface area (Å²) in [6.07, 6.45) is 0. The van der Waals surface area contributed by atoms with Crippen LogP contribution in [0.2, 0.25) is 0 Å². The van der Waals surface area contributed by atoms with E-state index in [4.69, 9.17) is 0 Å². The van der Waals surface area contributed by atoms with Gasteiger partial charge < -0.3 is 0 Å². The van der Waals surface area contributed by atoms with Crippen LogP contribution in [0, 0.1) is 11.9 Å². The molecule has 2 heteroatoms. The molecule has 1 radical (unpaired) electrons. The molecule has 0 unspecified atom stereocenters. The molecule has 0 spiro atoms. The molecule has 0 atom stereocenters. The van der Waals surface area contributed by atoms with E-state index >= 15 is 0 Å². The van der Waals surface area contributed by atoms with Gasteiger partial charge in [0.05, 0.1) is 0 Å². The molecule has 0 fully saturated rings. The molecule has 0 aromatic heterocycles. The third-order valence-corrected chi connectivity index (χ3v) is 2.64. The molecule has 0 aliphatic rings. The van der Waals surface area contributed by atoms with Crippen LogP contribution in [0.3, 0.4) is 0 Å². The van der Waals surface area contributed by atoms with Crippen molar-refractivity contribution in [3.8, 4) is 11.1 Å². The van der Waals surface area contributed by atoms with Gasteiger partial charge in [-0.25, -0.2) is 4.39 Å². The Balaban J connectivity index is 2.55. The second-order valence-electron chi connectivity index (χ2n) is 2.91. The highest BCUT2D eigenvalue weighted by Crippen LogP contribution is 2.27. The largest absolute Gasteiger partial charge is 0.206 e. The van der Waals surface area contributed by atoms with Crippen LogP contribution in [0.5, 0.6) is 0 Å². The summed E-state index contributed by atoms with van der Waals surface area (Å²) < 4.78 is 13.9. The van der Waals surface area contributed by atoms with Crippen LogP contribution in [0.25, 0.3) is 11.1 Å². The fraction of sp³-hybridized carbons (Fsp3) is 0. The summed E-state index contributed by atoms with van der Waals surface area (Å²) in [6, 6.07) is 15.1. The van der Waals surface area contributed by atoms with E-state index in [1.807, 2.05) is 30.3 Å². The minimum absolute atomic E-state index is 0.335. The summed E-state index contributed by atoms with van der Waals surface area (Å²) in [5, 5.41) is 0. The molecule has 0 saturated heterocycles. The lowest BCUT2D eigenvalue weighted by molar-refractivity contribution is 0.626. The Bertz CT molecular complexity index is 452. The van der Waals surface area contributed by atoms with E-state index in [-0.39, 0.29) is 5.82 Å². The number of hydrogen-bond acceptors (Lipinski definition) is 0. The van der Waals surface area contributed by atoms with Crippen molar-refractivity contribution < 1.29 is 4.39 Å². The Morgan fingerprint density at radius 1 is 1.14 bits per heavy atom. The molecule has 0 amide bonds. The predicted molar refractivity (Wildman–Crippen MR) is 58.4 cm³/mol. The molecule has 2 aromatic rings. The van der Waals surface area contributed by atoms with E-state index in [2.05, 4.69) is 22.0 Å². The van der Waals surface area contributed by atoms with Crippen molar-refractivity contribution in [2.45, 2.75) is 0 Å². The molecule has 0 heterocycles. The highest BCUT2D eigenvalue weighted by atomic mass is 79.9. The SMILES string of the molecule is Fc1[c]ccc(-c2ccccc2Br)c1. The molecule has 0 nitrogen and oxygen atoms in total. The van der Waals surface area contributed by atoms with Crippen LogP contribution < -0.4 is 0 Å². The van der Waals surface area contributed by atoms with E-state index in [9.17, 15) is 4.39 Å². The molecular weight excluding hydrogens is 243 g/mol. The average molecular weight is 250 g/mol. The van der Waals surface area contributed by atoms with Gasteiger partial charge in [-0.2, -0.15) is 0 Å². The smallest absolute Gasteiger partial charge is 0.131 e. The predicted octanol–water partition coefficient (Wildman–Crippen LogP) is 4.06. The van der Waals surface area contributed by atoms with Crippen molar-refractivity contribution in [3.63, 3.8) is 0 Å². The van der Waals surface area contributed by atoms with Crippen LogP contribution in [0.1, 0.15) is 0 Å². The van der Waals surface area contributed by atoms with Crippen LogP contribution >= 0.6 is 15.9 Å².